The van der Waals surface area contributed by atoms with Crippen LogP contribution in [-0.2, 0) is 20.7 Å². The van der Waals surface area contributed by atoms with Crippen LogP contribution in [0.2, 0.25) is 0 Å². The molecule has 0 radical (unpaired) electrons. The Balaban J connectivity index is 2.15. The quantitative estimate of drug-likeness (QED) is 0.622. The molecule has 4 heteroatoms. The van der Waals surface area contributed by atoms with Gasteiger partial charge in [-0.05, 0) is 24.0 Å². The molecule has 0 N–H and O–H groups in total. The topological polar surface area (TPSA) is 35.5 Å². The van der Waals surface area contributed by atoms with E-state index in [-0.39, 0.29) is 18.2 Å². The maximum absolute atomic E-state index is 11.3. The molecule has 1 aromatic rings. The first kappa shape index (κ1) is 13.4. The fourth-order valence-electron chi connectivity index (χ4n) is 2.35. The third kappa shape index (κ3) is 3.03. The predicted octanol–water partition coefficient (Wildman–Crippen LogP) is 2.86. The number of hydrogen-bond acceptors (Lipinski definition) is 3. The minimum atomic E-state index is -0.232. The number of rotatable bonds is 4. The summed E-state index contributed by atoms with van der Waals surface area (Å²) in [5.41, 5.74) is 2.44. The lowest BCUT2D eigenvalue weighted by Gasteiger charge is -2.31. The zero-order valence-corrected chi connectivity index (χ0v) is 11.2. The van der Waals surface area contributed by atoms with E-state index in [2.05, 4.69) is 12.1 Å². The number of methoxy groups -OCH3 is 1. The van der Waals surface area contributed by atoms with E-state index in [1.165, 1.54) is 18.2 Å². The molecule has 18 heavy (non-hydrogen) atoms. The van der Waals surface area contributed by atoms with Gasteiger partial charge in [-0.15, -0.1) is 11.6 Å². The Morgan fingerprint density at radius 3 is 3.00 bits per heavy atom. The van der Waals surface area contributed by atoms with Crippen LogP contribution in [0.25, 0.3) is 0 Å². The van der Waals surface area contributed by atoms with Gasteiger partial charge in [-0.2, -0.15) is 0 Å². The molecule has 2 atom stereocenters. The molecule has 1 aromatic carbocycles. The molecule has 0 aliphatic carbocycles. The number of esters is 1. The van der Waals surface area contributed by atoms with Crippen molar-refractivity contribution in [2.45, 2.75) is 31.5 Å². The summed E-state index contributed by atoms with van der Waals surface area (Å²) in [6.45, 7) is 0. The van der Waals surface area contributed by atoms with E-state index in [9.17, 15) is 4.79 Å². The van der Waals surface area contributed by atoms with Gasteiger partial charge in [-0.1, -0.05) is 24.3 Å². The van der Waals surface area contributed by atoms with E-state index < -0.39 is 0 Å². The average Bonchev–Trinajstić information content (AvgIpc) is 2.39. The number of carbonyl (C=O) groups excluding carboxylic acids is 1. The molecule has 2 rings (SSSR count). The van der Waals surface area contributed by atoms with Gasteiger partial charge < -0.3 is 9.47 Å². The summed E-state index contributed by atoms with van der Waals surface area (Å²) in [6.07, 6.45) is 1.69. The highest BCUT2D eigenvalue weighted by Gasteiger charge is 2.28. The molecule has 0 spiro atoms. The lowest BCUT2D eigenvalue weighted by atomic mass is 9.92. The summed E-state index contributed by atoms with van der Waals surface area (Å²) in [7, 11) is 1.40. The second kappa shape index (κ2) is 6.21. The van der Waals surface area contributed by atoms with E-state index in [1.807, 2.05) is 12.1 Å². The molecule has 0 amide bonds. The van der Waals surface area contributed by atoms with Crippen molar-refractivity contribution in [3.8, 4) is 0 Å². The summed E-state index contributed by atoms with van der Waals surface area (Å²) in [6, 6.07) is 8.17. The second-order valence-electron chi connectivity index (χ2n) is 4.41. The molecule has 0 saturated carbocycles. The molecule has 98 valence electrons. The van der Waals surface area contributed by atoms with Gasteiger partial charge in [0.15, 0.2) is 0 Å². The fourth-order valence-corrected chi connectivity index (χ4v) is 2.54. The Morgan fingerprint density at radius 1 is 1.50 bits per heavy atom. The monoisotopic (exact) mass is 268 g/mol. The Kier molecular flexibility index (Phi) is 4.61. The van der Waals surface area contributed by atoms with Crippen LogP contribution in [0.4, 0.5) is 0 Å². The first-order valence-electron chi connectivity index (χ1n) is 6.10. The summed E-state index contributed by atoms with van der Waals surface area (Å²) in [5.74, 6) is 0.313. The van der Waals surface area contributed by atoms with E-state index in [4.69, 9.17) is 21.1 Å². The van der Waals surface area contributed by atoms with Crippen molar-refractivity contribution in [3.63, 3.8) is 0 Å². The van der Waals surface area contributed by atoms with E-state index >= 15 is 0 Å². The normalized spacial score (nSPS) is 22.3. The van der Waals surface area contributed by atoms with Crippen molar-refractivity contribution in [1.29, 1.82) is 0 Å². The summed E-state index contributed by atoms with van der Waals surface area (Å²) < 4.78 is 10.6. The Bertz CT molecular complexity index is 419. The van der Waals surface area contributed by atoms with Gasteiger partial charge in [0, 0.05) is 5.88 Å². The van der Waals surface area contributed by atoms with E-state index in [0.717, 1.165) is 12.8 Å². The lowest BCUT2D eigenvalue weighted by Crippen LogP contribution is -2.29. The van der Waals surface area contributed by atoms with Gasteiger partial charge in [-0.25, -0.2) is 0 Å². The Morgan fingerprint density at radius 2 is 2.28 bits per heavy atom. The molecular weight excluding hydrogens is 252 g/mol. The fraction of sp³-hybridized carbons (Fsp3) is 0.500. The third-order valence-corrected chi connectivity index (χ3v) is 3.42. The molecule has 0 saturated heterocycles. The Hall–Kier alpha value is -1.06. The summed E-state index contributed by atoms with van der Waals surface area (Å²) >= 11 is 5.81. The van der Waals surface area contributed by atoms with Crippen molar-refractivity contribution in [2.75, 3.05) is 13.0 Å². The number of hydrogen-bond donors (Lipinski definition) is 0. The molecule has 1 heterocycles. The third-order valence-electron chi connectivity index (χ3n) is 3.20. The van der Waals surface area contributed by atoms with Crippen molar-refractivity contribution < 1.29 is 14.3 Å². The van der Waals surface area contributed by atoms with Crippen LogP contribution in [0, 0.1) is 0 Å². The van der Waals surface area contributed by atoms with Gasteiger partial charge >= 0.3 is 5.97 Å². The highest BCUT2D eigenvalue weighted by atomic mass is 35.5. The van der Waals surface area contributed by atoms with Gasteiger partial charge in [0.2, 0.25) is 0 Å². The van der Waals surface area contributed by atoms with Crippen LogP contribution in [-0.4, -0.2) is 25.1 Å². The maximum atomic E-state index is 11.3. The largest absolute Gasteiger partial charge is 0.469 e. The first-order chi connectivity index (χ1) is 8.74. The van der Waals surface area contributed by atoms with Crippen LogP contribution in [0.15, 0.2) is 24.3 Å². The minimum Gasteiger partial charge on any atom is -0.469 e. The van der Waals surface area contributed by atoms with Crippen LogP contribution in [0.3, 0.4) is 0 Å². The highest BCUT2D eigenvalue weighted by Crippen LogP contribution is 2.33. The summed E-state index contributed by atoms with van der Waals surface area (Å²) in [5, 5.41) is 0. The van der Waals surface area contributed by atoms with Crippen molar-refractivity contribution in [2.24, 2.45) is 0 Å². The molecule has 1 aliphatic rings. The van der Waals surface area contributed by atoms with Crippen molar-refractivity contribution >= 4 is 17.6 Å². The number of fused-ring (bicyclic) bond motifs is 1. The number of carbonyl (C=O) groups is 1. The molecule has 3 nitrogen and oxygen atoms in total. The van der Waals surface area contributed by atoms with Crippen molar-refractivity contribution in [3.05, 3.63) is 35.4 Å². The molecule has 0 aromatic heterocycles. The van der Waals surface area contributed by atoms with Crippen LogP contribution in [0.5, 0.6) is 0 Å². The smallest absolute Gasteiger partial charge is 0.308 e. The molecular formula is C14H17ClO3. The van der Waals surface area contributed by atoms with Crippen LogP contribution < -0.4 is 0 Å². The van der Waals surface area contributed by atoms with Crippen LogP contribution in [0.1, 0.15) is 30.1 Å². The minimum absolute atomic E-state index is 0.0119. The molecule has 0 bridgehead atoms. The van der Waals surface area contributed by atoms with Crippen molar-refractivity contribution in [1.82, 2.24) is 0 Å². The highest BCUT2D eigenvalue weighted by molar-refractivity contribution is 6.17. The zero-order chi connectivity index (χ0) is 13.0. The van der Waals surface area contributed by atoms with E-state index in [1.54, 1.807) is 0 Å². The Labute approximate surface area is 112 Å². The lowest BCUT2D eigenvalue weighted by molar-refractivity contribution is -0.145. The molecule has 0 unspecified atom stereocenters. The van der Waals surface area contributed by atoms with Gasteiger partial charge in [0.25, 0.3) is 0 Å². The van der Waals surface area contributed by atoms with Crippen LogP contribution >= 0.6 is 11.6 Å². The van der Waals surface area contributed by atoms with E-state index in [0.29, 0.717) is 12.3 Å². The number of benzene rings is 1. The van der Waals surface area contributed by atoms with Gasteiger partial charge in [0.1, 0.15) is 0 Å². The SMILES string of the molecule is COC(=O)C[C@@H]1Cc2ccccc2[C@H](CCCl)O1. The first-order valence-corrected chi connectivity index (χ1v) is 6.64. The average molecular weight is 269 g/mol. The molecule has 1 aliphatic heterocycles. The van der Waals surface area contributed by atoms with Gasteiger partial charge in [0.05, 0.1) is 25.7 Å². The van der Waals surface area contributed by atoms with Gasteiger partial charge in [-0.3, -0.25) is 4.79 Å². The second-order valence-corrected chi connectivity index (χ2v) is 4.79. The molecule has 0 fully saturated rings. The number of alkyl halides is 1. The number of halogens is 1. The standard InChI is InChI=1S/C14H17ClO3/c1-17-14(16)9-11-8-10-4-2-3-5-12(10)13(18-11)6-7-15/h2-5,11,13H,6-9H2,1H3/t11-,13-/m0/s1. The zero-order valence-electron chi connectivity index (χ0n) is 10.4. The number of ether oxygens (including phenoxy) is 2. The predicted molar refractivity (Wildman–Crippen MR) is 69.7 cm³/mol. The summed E-state index contributed by atoms with van der Waals surface area (Å²) in [4.78, 5) is 11.3. The maximum Gasteiger partial charge on any atom is 0.308 e.